The molecule has 0 aliphatic carbocycles. The van der Waals surface area contributed by atoms with Crippen LogP contribution in [0.3, 0.4) is 0 Å². The van der Waals surface area contributed by atoms with E-state index < -0.39 is 6.03 Å². The zero-order chi connectivity index (χ0) is 13.5. The van der Waals surface area contributed by atoms with Crippen LogP contribution >= 0.6 is 0 Å². The van der Waals surface area contributed by atoms with Gasteiger partial charge in [-0.05, 0) is 36.6 Å². The summed E-state index contributed by atoms with van der Waals surface area (Å²) in [5, 5.41) is 2.61. The van der Waals surface area contributed by atoms with Crippen LogP contribution in [0.25, 0.3) is 0 Å². The van der Waals surface area contributed by atoms with E-state index in [9.17, 15) is 4.79 Å². The molecule has 0 spiro atoms. The minimum absolute atomic E-state index is 0.409. The first-order valence-electron chi connectivity index (χ1n) is 5.58. The first-order valence-corrected chi connectivity index (χ1v) is 5.58. The van der Waals surface area contributed by atoms with Crippen LogP contribution < -0.4 is 26.1 Å². The number of rotatable bonds is 5. The van der Waals surface area contributed by atoms with Gasteiger partial charge in [-0.25, -0.2) is 10.6 Å². The van der Waals surface area contributed by atoms with Crippen molar-refractivity contribution >= 4 is 6.03 Å². The summed E-state index contributed by atoms with van der Waals surface area (Å²) in [4.78, 5) is 10.9. The summed E-state index contributed by atoms with van der Waals surface area (Å²) in [5.41, 5.74) is 3.98. The number of hydrogen-bond acceptors (Lipinski definition) is 4. The summed E-state index contributed by atoms with van der Waals surface area (Å²) in [6.45, 7) is 2.41. The molecule has 0 bridgehead atoms. The summed E-state index contributed by atoms with van der Waals surface area (Å²) < 4.78 is 10.6. The van der Waals surface area contributed by atoms with Crippen molar-refractivity contribution in [1.82, 2.24) is 10.7 Å². The number of methoxy groups -OCH3 is 2. The second-order valence-corrected chi connectivity index (χ2v) is 3.78. The molecule has 100 valence electrons. The van der Waals surface area contributed by atoms with Gasteiger partial charge in [0.1, 0.15) is 11.5 Å². The highest BCUT2D eigenvalue weighted by molar-refractivity contribution is 5.73. The van der Waals surface area contributed by atoms with Gasteiger partial charge in [0.05, 0.1) is 14.2 Å². The number of amides is 2. The van der Waals surface area contributed by atoms with Crippen molar-refractivity contribution in [2.24, 2.45) is 5.84 Å². The van der Waals surface area contributed by atoms with Gasteiger partial charge in [0.15, 0.2) is 0 Å². The second-order valence-electron chi connectivity index (χ2n) is 3.78. The van der Waals surface area contributed by atoms with Crippen molar-refractivity contribution in [2.75, 3.05) is 20.8 Å². The molecule has 0 heterocycles. The third-order valence-corrected chi connectivity index (χ3v) is 2.61. The molecular formula is C12H19N3O3. The van der Waals surface area contributed by atoms with Gasteiger partial charge in [-0.3, -0.25) is 5.43 Å². The molecule has 1 aromatic rings. The SMILES string of the molecule is COc1cc(CCNC(=O)NN)c(OC)cc1C. The number of nitrogens with one attached hydrogen (secondary N) is 2. The molecule has 2 amide bonds. The largest absolute Gasteiger partial charge is 0.496 e. The van der Waals surface area contributed by atoms with Gasteiger partial charge in [-0.15, -0.1) is 0 Å². The molecule has 0 aliphatic rings. The second kappa shape index (κ2) is 6.70. The molecule has 0 saturated heterocycles. The molecule has 6 nitrogen and oxygen atoms in total. The first kappa shape index (κ1) is 14.1. The summed E-state index contributed by atoms with van der Waals surface area (Å²) in [5.74, 6) is 6.55. The molecule has 18 heavy (non-hydrogen) atoms. The normalized spacial score (nSPS) is 9.78. The fourth-order valence-electron chi connectivity index (χ4n) is 1.67. The van der Waals surface area contributed by atoms with E-state index in [1.54, 1.807) is 14.2 Å². The van der Waals surface area contributed by atoms with Crippen LogP contribution in [0.2, 0.25) is 0 Å². The average molecular weight is 253 g/mol. The van der Waals surface area contributed by atoms with Crippen LogP contribution in [0.4, 0.5) is 4.79 Å². The fraction of sp³-hybridized carbons (Fsp3) is 0.417. The Hall–Kier alpha value is -1.95. The van der Waals surface area contributed by atoms with Crippen molar-refractivity contribution in [1.29, 1.82) is 0 Å². The van der Waals surface area contributed by atoms with Crippen molar-refractivity contribution in [2.45, 2.75) is 13.3 Å². The van der Waals surface area contributed by atoms with Crippen LogP contribution in [0.5, 0.6) is 11.5 Å². The van der Waals surface area contributed by atoms with E-state index >= 15 is 0 Å². The van der Waals surface area contributed by atoms with Crippen LogP contribution in [-0.4, -0.2) is 26.8 Å². The number of aryl methyl sites for hydroxylation is 1. The summed E-state index contributed by atoms with van der Waals surface area (Å²) in [6, 6.07) is 3.42. The molecule has 6 heteroatoms. The van der Waals surface area contributed by atoms with Gasteiger partial charge in [0.2, 0.25) is 0 Å². The number of benzene rings is 1. The van der Waals surface area contributed by atoms with Crippen LogP contribution in [0.15, 0.2) is 12.1 Å². The Morgan fingerprint density at radius 2 is 1.94 bits per heavy atom. The number of urea groups is 1. The average Bonchev–Trinajstić information content (AvgIpc) is 2.39. The lowest BCUT2D eigenvalue weighted by Gasteiger charge is -2.13. The first-order chi connectivity index (χ1) is 8.62. The van der Waals surface area contributed by atoms with Crippen molar-refractivity contribution in [3.05, 3.63) is 23.3 Å². The van der Waals surface area contributed by atoms with E-state index in [-0.39, 0.29) is 0 Å². The number of hydrazine groups is 1. The Balaban J connectivity index is 2.76. The zero-order valence-electron chi connectivity index (χ0n) is 10.9. The van der Waals surface area contributed by atoms with E-state index in [1.165, 1.54) is 0 Å². The molecule has 0 radical (unpaired) electrons. The molecule has 1 rings (SSSR count). The standard InChI is InChI=1S/C12H19N3O3/c1-8-6-11(18-3)9(7-10(8)17-2)4-5-14-12(16)15-13/h6-7H,4-5,13H2,1-3H3,(H2,14,15,16). The molecule has 0 aliphatic heterocycles. The number of hydrogen-bond donors (Lipinski definition) is 3. The molecule has 0 unspecified atom stereocenters. The highest BCUT2D eigenvalue weighted by Crippen LogP contribution is 2.28. The highest BCUT2D eigenvalue weighted by Gasteiger charge is 2.08. The van der Waals surface area contributed by atoms with E-state index in [0.29, 0.717) is 13.0 Å². The van der Waals surface area contributed by atoms with Gasteiger partial charge in [-0.1, -0.05) is 0 Å². The highest BCUT2D eigenvalue weighted by atomic mass is 16.5. The van der Waals surface area contributed by atoms with Crippen LogP contribution in [-0.2, 0) is 6.42 Å². The summed E-state index contributed by atoms with van der Waals surface area (Å²) in [7, 11) is 3.24. The topological polar surface area (TPSA) is 85.6 Å². The molecule has 0 fully saturated rings. The van der Waals surface area contributed by atoms with Crippen LogP contribution in [0, 0.1) is 6.92 Å². The number of carbonyl (C=O) groups is 1. The maximum atomic E-state index is 10.9. The molecule has 0 saturated carbocycles. The van der Waals surface area contributed by atoms with E-state index in [0.717, 1.165) is 22.6 Å². The van der Waals surface area contributed by atoms with E-state index in [1.807, 2.05) is 24.5 Å². The summed E-state index contributed by atoms with van der Waals surface area (Å²) >= 11 is 0. The lowest BCUT2D eigenvalue weighted by Crippen LogP contribution is -2.40. The predicted molar refractivity (Wildman–Crippen MR) is 68.7 cm³/mol. The lowest BCUT2D eigenvalue weighted by atomic mass is 10.1. The molecule has 0 aromatic heterocycles. The van der Waals surface area contributed by atoms with Crippen molar-refractivity contribution in [3.8, 4) is 11.5 Å². The predicted octanol–water partition coefficient (Wildman–Crippen LogP) is 0.728. The van der Waals surface area contributed by atoms with E-state index in [2.05, 4.69) is 5.32 Å². The maximum absolute atomic E-state index is 10.9. The fourth-order valence-corrected chi connectivity index (χ4v) is 1.67. The van der Waals surface area contributed by atoms with Crippen LogP contribution in [0.1, 0.15) is 11.1 Å². The minimum Gasteiger partial charge on any atom is -0.496 e. The Labute approximate surface area is 106 Å². The maximum Gasteiger partial charge on any atom is 0.328 e. The van der Waals surface area contributed by atoms with Gasteiger partial charge in [-0.2, -0.15) is 0 Å². The minimum atomic E-state index is -0.409. The van der Waals surface area contributed by atoms with Gasteiger partial charge >= 0.3 is 6.03 Å². The van der Waals surface area contributed by atoms with Gasteiger partial charge in [0.25, 0.3) is 0 Å². The van der Waals surface area contributed by atoms with E-state index in [4.69, 9.17) is 15.3 Å². The quantitative estimate of drug-likeness (QED) is 0.410. The monoisotopic (exact) mass is 253 g/mol. The Bertz CT molecular complexity index is 421. The summed E-state index contributed by atoms with van der Waals surface area (Å²) in [6.07, 6.45) is 0.632. The molecular weight excluding hydrogens is 234 g/mol. The van der Waals surface area contributed by atoms with Crippen molar-refractivity contribution < 1.29 is 14.3 Å². The lowest BCUT2D eigenvalue weighted by molar-refractivity contribution is 0.241. The third kappa shape index (κ3) is 3.53. The molecule has 1 aromatic carbocycles. The smallest absolute Gasteiger partial charge is 0.328 e. The number of nitrogens with two attached hydrogens (primary N) is 1. The Morgan fingerprint density at radius 1 is 1.28 bits per heavy atom. The van der Waals surface area contributed by atoms with Gasteiger partial charge in [0, 0.05) is 6.54 Å². The third-order valence-electron chi connectivity index (χ3n) is 2.61. The number of carbonyl (C=O) groups excluding carboxylic acids is 1. The Morgan fingerprint density at radius 3 is 2.50 bits per heavy atom. The molecule has 4 N–H and O–H groups in total. The molecule has 0 atom stereocenters. The van der Waals surface area contributed by atoms with Gasteiger partial charge < -0.3 is 14.8 Å². The Kier molecular flexibility index (Phi) is 5.26. The van der Waals surface area contributed by atoms with Crippen molar-refractivity contribution in [3.63, 3.8) is 0 Å². The number of ether oxygens (including phenoxy) is 2. The zero-order valence-corrected chi connectivity index (χ0v) is 10.9.